The number of phenolic OH excluding ortho intramolecular Hbond substituents is 1. The normalized spacial score (nSPS) is 31.2. The molecule has 2 aromatic rings. The third kappa shape index (κ3) is 4.31. The van der Waals surface area contributed by atoms with E-state index in [1.807, 2.05) is 30.6 Å². The van der Waals surface area contributed by atoms with E-state index in [1.165, 1.54) is 24.0 Å². The van der Waals surface area contributed by atoms with Crippen LogP contribution >= 0.6 is 0 Å². The van der Waals surface area contributed by atoms with Crippen molar-refractivity contribution < 1.29 is 10.2 Å². The molecule has 5 nitrogen and oxygen atoms in total. The van der Waals surface area contributed by atoms with Crippen molar-refractivity contribution in [3.8, 4) is 5.75 Å². The molecule has 3 aliphatic rings. The van der Waals surface area contributed by atoms with E-state index in [2.05, 4.69) is 34.7 Å². The number of hydrogen-bond acceptors (Lipinski definition) is 5. The average Bonchev–Trinajstić information content (AvgIpc) is 3.65. The minimum Gasteiger partial charge on any atom is -0.508 e. The lowest BCUT2D eigenvalue weighted by Gasteiger charge is -2.58. The van der Waals surface area contributed by atoms with Crippen molar-refractivity contribution in [2.75, 3.05) is 32.7 Å². The summed E-state index contributed by atoms with van der Waals surface area (Å²) in [5.41, 5.74) is 2.44. The van der Waals surface area contributed by atoms with E-state index < -0.39 is 5.60 Å². The number of hydrogen-bond donors (Lipinski definition) is 2. The number of rotatable bonds is 6. The van der Waals surface area contributed by atoms with E-state index in [9.17, 15) is 10.2 Å². The zero-order valence-corrected chi connectivity index (χ0v) is 20.2. The molecule has 1 aliphatic carbocycles. The molecule has 178 valence electrons. The third-order valence-electron chi connectivity index (χ3n) is 8.92. The zero-order valence-electron chi connectivity index (χ0n) is 20.2. The maximum Gasteiger partial charge on any atom is 0.115 e. The molecule has 3 unspecified atom stereocenters. The zero-order chi connectivity index (χ0) is 23.1. The van der Waals surface area contributed by atoms with Gasteiger partial charge < -0.3 is 15.1 Å². The number of aliphatic hydroxyl groups is 1. The van der Waals surface area contributed by atoms with Crippen molar-refractivity contribution in [1.82, 2.24) is 14.8 Å². The Balaban J connectivity index is 1.45. The second-order valence-electron chi connectivity index (χ2n) is 10.8. The van der Waals surface area contributed by atoms with Crippen molar-refractivity contribution in [3.05, 3.63) is 59.4 Å². The van der Waals surface area contributed by atoms with Gasteiger partial charge in [0, 0.05) is 43.5 Å². The number of phenols is 1. The summed E-state index contributed by atoms with van der Waals surface area (Å²) in [7, 11) is 0. The lowest BCUT2D eigenvalue weighted by Crippen LogP contribution is -2.68. The summed E-state index contributed by atoms with van der Waals surface area (Å²) in [5, 5.41) is 23.0. The first-order valence-electron chi connectivity index (χ1n) is 12.8. The van der Waals surface area contributed by atoms with Gasteiger partial charge in [-0.25, -0.2) is 0 Å². The van der Waals surface area contributed by atoms with Gasteiger partial charge >= 0.3 is 0 Å². The summed E-state index contributed by atoms with van der Waals surface area (Å²) in [4.78, 5) is 9.35. The Labute approximate surface area is 198 Å². The molecule has 2 N–H and O–H groups in total. The summed E-state index contributed by atoms with van der Waals surface area (Å²) < 4.78 is 0. The Morgan fingerprint density at radius 2 is 1.88 bits per heavy atom. The molecule has 0 radical (unpaired) electrons. The molecule has 3 fully saturated rings. The molecule has 3 atom stereocenters. The molecule has 33 heavy (non-hydrogen) atoms. The fraction of sp³-hybridized carbons (Fsp3) is 0.607. The topological polar surface area (TPSA) is 59.8 Å². The Morgan fingerprint density at radius 1 is 1.09 bits per heavy atom. The minimum atomic E-state index is -0.818. The molecular formula is C28H39N3O2. The molecule has 1 aromatic carbocycles. The molecule has 3 heterocycles. The van der Waals surface area contributed by atoms with Crippen LogP contribution in [0.15, 0.2) is 42.7 Å². The second kappa shape index (κ2) is 9.01. The van der Waals surface area contributed by atoms with E-state index in [4.69, 9.17) is 0 Å². The Kier molecular flexibility index (Phi) is 6.23. The van der Waals surface area contributed by atoms with E-state index in [-0.39, 0.29) is 11.5 Å². The lowest BCUT2D eigenvalue weighted by atomic mass is 9.57. The van der Waals surface area contributed by atoms with Crippen LogP contribution in [0.2, 0.25) is 0 Å². The molecule has 0 bridgehead atoms. The van der Waals surface area contributed by atoms with Crippen molar-refractivity contribution in [2.24, 2.45) is 5.92 Å². The van der Waals surface area contributed by atoms with Crippen LogP contribution in [0, 0.1) is 12.8 Å². The van der Waals surface area contributed by atoms with Crippen LogP contribution in [0.5, 0.6) is 5.75 Å². The number of pyridine rings is 1. The van der Waals surface area contributed by atoms with Gasteiger partial charge in [0.15, 0.2) is 0 Å². The summed E-state index contributed by atoms with van der Waals surface area (Å²) in [6.45, 7) is 9.37. The predicted molar refractivity (Wildman–Crippen MR) is 131 cm³/mol. The Hall–Kier alpha value is -1.95. The Morgan fingerprint density at radius 3 is 2.64 bits per heavy atom. The molecule has 5 rings (SSSR count). The minimum absolute atomic E-state index is 0.104. The Bertz CT molecular complexity index is 963. The van der Waals surface area contributed by atoms with Gasteiger partial charge in [0.2, 0.25) is 0 Å². The summed E-state index contributed by atoms with van der Waals surface area (Å²) in [6.07, 6.45) is 10.1. The van der Waals surface area contributed by atoms with Gasteiger partial charge in [0.05, 0.1) is 5.60 Å². The number of likely N-dealkylation sites (tertiary alicyclic amines) is 2. The molecule has 2 aliphatic heterocycles. The number of benzene rings is 1. The van der Waals surface area contributed by atoms with Crippen LogP contribution in [0.25, 0.3) is 0 Å². The monoisotopic (exact) mass is 449 g/mol. The van der Waals surface area contributed by atoms with Crippen molar-refractivity contribution >= 4 is 0 Å². The SMILES string of the molecule is Cc1ccc(O)cc1C12CCN(CCc3cccnc3)CCC1(O)C(C)N(CC1CC1)CC2. The van der Waals surface area contributed by atoms with Crippen molar-refractivity contribution in [1.29, 1.82) is 0 Å². The van der Waals surface area contributed by atoms with E-state index in [0.717, 1.165) is 69.9 Å². The van der Waals surface area contributed by atoms with Crippen LogP contribution in [-0.4, -0.2) is 69.4 Å². The second-order valence-corrected chi connectivity index (χ2v) is 10.8. The van der Waals surface area contributed by atoms with E-state index in [1.54, 1.807) is 6.07 Å². The number of piperidine rings is 1. The molecule has 0 spiro atoms. The number of aromatic nitrogens is 1. The van der Waals surface area contributed by atoms with Gasteiger partial charge in [0.25, 0.3) is 0 Å². The number of fused-ring (bicyclic) bond motifs is 1. The van der Waals surface area contributed by atoms with Crippen LogP contribution < -0.4 is 0 Å². The van der Waals surface area contributed by atoms with Gasteiger partial charge in [0.1, 0.15) is 5.75 Å². The lowest BCUT2D eigenvalue weighted by molar-refractivity contribution is -0.136. The average molecular weight is 450 g/mol. The first-order valence-corrected chi connectivity index (χ1v) is 12.8. The number of aryl methyl sites for hydroxylation is 1. The van der Waals surface area contributed by atoms with Crippen LogP contribution in [-0.2, 0) is 11.8 Å². The molecule has 1 aromatic heterocycles. The van der Waals surface area contributed by atoms with Crippen molar-refractivity contribution in [3.63, 3.8) is 0 Å². The quantitative estimate of drug-likeness (QED) is 0.700. The predicted octanol–water partition coefficient (Wildman–Crippen LogP) is 3.91. The third-order valence-corrected chi connectivity index (χ3v) is 8.92. The van der Waals surface area contributed by atoms with Crippen LogP contribution in [0.3, 0.4) is 0 Å². The molecule has 1 saturated carbocycles. The first-order chi connectivity index (χ1) is 15.9. The van der Waals surface area contributed by atoms with Gasteiger partial charge in [-0.05, 0) is 106 Å². The summed E-state index contributed by atoms with van der Waals surface area (Å²) >= 11 is 0. The summed E-state index contributed by atoms with van der Waals surface area (Å²) in [6, 6.07) is 9.99. The van der Waals surface area contributed by atoms with Gasteiger partial charge in [-0.2, -0.15) is 0 Å². The maximum absolute atomic E-state index is 12.6. The summed E-state index contributed by atoms with van der Waals surface area (Å²) in [5.74, 6) is 1.12. The van der Waals surface area contributed by atoms with Crippen molar-refractivity contribution in [2.45, 2.75) is 69.4 Å². The van der Waals surface area contributed by atoms with Gasteiger partial charge in [-0.15, -0.1) is 0 Å². The van der Waals surface area contributed by atoms with Crippen LogP contribution in [0.4, 0.5) is 0 Å². The highest BCUT2D eigenvalue weighted by Gasteiger charge is 2.59. The molecule has 0 amide bonds. The highest BCUT2D eigenvalue weighted by atomic mass is 16.3. The number of aromatic hydroxyl groups is 1. The largest absolute Gasteiger partial charge is 0.508 e. The molecular weight excluding hydrogens is 410 g/mol. The number of nitrogens with zero attached hydrogens (tertiary/aromatic N) is 3. The van der Waals surface area contributed by atoms with Gasteiger partial charge in [-0.3, -0.25) is 9.88 Å². The highest BCUT2D eigenvalue weighted by Crippen LogP contribution is 2.53. The highest BCUT2D eigenvalue weighted by molar-refractivity contribution is 5.43. The van der Waals surface area contributed by atoms with E-state index >= 15 is 0 Å². The van der Waals surface area contributed by atoms with Crippen LogP contribution in [0.1, 0.15) is 55.7 Å². The standard InChI is InChI=1S/C28H39N3O2/c1-21-5-8-25(32)18-26(21)27-10-15-30(14-9-23-4-3-13-29-19-23)16-12-28(27,33)22(2)31(17-11-27)20-24-6-7-24/h3-5,8,13,18-19,22,24,32-33H,6-7,9-12,14-17,20H2,1-2H3. The fourth-order valence-electron chi connectivity index (χ4n) is 6.59. The maximum atomic E-state index is 12.6. The van der Waals surface area contributed by atoms with E-state index in [0.29, 0.717) is 5.75 Å². The first kappa shape index (κ1) is 22.8. The fourth-order valence-corrected chi connectivity index (χ4v) is 6.59. The molecule has 2 saturated heterocycles. The van der Waals surface area contributed by atoms with Gasteiger partial charge in [-0.1, -0.05) is 12.1 Å². The smallest absolute Gasteiger partial charge is 0.115 e. The molecule has 5 heteroatoms.